The van der Waals surface area contributed by atoms with Crippen molar-refractivity contribution in [3.8, 4) is 0 Å². The molecule has 0 aliphatic carbocycles. The van der Waals surface area contributed by atoms with Crippen molar-refractivity contribution >= 4 is 40.5 Å². The summed E-state index contributed by atoms with van der Waals surface area (Å²) < 4.78 is 5.57. The van der Waals surface area contributed by atoms with Gasteiger partial charge in [-0.2, -0.15) is 0 Å². The van der Waals surface area contributed by atoms with Crippen molar-refractivity contribution in [2.45, 2.75) is 18.9 Å². The first kappa shape index (κ1) is 17.0. The number of hydrogen-bond donors (Lipinski definition) is 2. The second kappa shape index (κ2) is 7.83. The second-order valence-electron chi connectivity index (χ2n) is 5.50. The van der Waals surface area contributed by atoms with Crippen molar-refractivity contribution < 1.29 is 9.53 Å². The number of amides is 1. The van der Waals surface area contributed by atoms with E-state index in [-0.39, 0.29) is 12.0 Å². The van der Waals surface area contributed by atoms with Gasteiger partial charge in [0.25, 0.3) is 5.91 Å². The van der Waals surface area contributed by atoms with Crippen LogP contribution < -0.4 is 10.6 Å². The highest BCUT2D eigenvalue weighted by atomic mass is 35.5. The van der Waals surface area contributed by atoms with Gasteiger partial charge in [-0.25, -0.2) is 0 Å². The van der Waals surface area contributed by atoms with Gasteiger partial charge in [-0.3, -0.25) is 9.78 Å². The van der Waals surface area contributed by atoms with Crippen LogP contribution in [0.25, 0.3) is 0 Å². The fourth-order valence-electron chi connectivity index (χ4n) is 2.49. The Balaban J connectivity index is 1.66. The Kier molecular flexibility index (Phi) is 5.56. The van der Waals surface area contributed by atoms with Gasteiger partial charge in [-0.05, 0) is 37.1 Å². The largest absolute Gasteiger partial charge is 0.382 e. The van der Waals surface area contributed by atoms with Crippen molar-refractivity contribution in [3.05, 3.63) is 52.3 Å². The topological polar surface area (TPSA) is 63.2 Å². The lowest BCUT2D eigenvalue weighted by Crippen LogP contribution is -2.19. The quantitative estimate of drug-likeness (QED) is 0.831. The van der Waals surface area contributed by atoms with E-state index in [4.69, 9.17) is 27.9 Å². The highest BCUT2D eigenvalue weighted by molar-refractivity contribution is 6.44. The lowest BCUT2D eigenvalue weighted by molar-refractivity contribution is 0.102. The van der Waals surface area contributed by atoms with Gasteiger partial charge in [0.05, 0.1) is 21.8 Å². The summed E-state index contributed by atoms with van der Waals surface area (Å²) in [6.07, 6.45) is 3.96. The maximum absolute atomic E-state index is 12.4. The van der Waals surface area contributed by atoms with E-state index in [0.717, 1.165) is 25.1 Å². The summed E-state index contributed by atoms with van der Waals surface area (Å²) in [6.45, 7) is 1.53. The highest BCUT2D eigenvalue weighted by Crippen LogP contribution is 2.29. The average molecular weight is 366 g/mol. The number of carbonyl (C=O) groups is 1. The van der Waals surface area contributed by atoms with Crippen molar-refractivity contribution in [3.63, 3.8) is 0 Å². The van der Waals surface area contributed by atoms with Gasteiger partial charge in [-0.15, -0.1) is 0 Å². The van der Waals surface area contributed by atoms with Crippen LogP contribution in [0, 0.1) is 0 Å². The predicted molar refractivity (Wildman–Crippen MR) is 96.1 cm³/mol. The minimum Gasteiger partial charge on any atom is -0.382 e. The molecule has 1 aromatic carbocycles. The Labute approximate surface area is 150 Å². The molecule has 1 aliphatic heterocycles. The molecule has 2 aromatic rings. The molecule has 0 spiro atoms. The molecule has 1 saturated heterocycles. The standard InChI is InChI=1S/C17H17Cl2N3O2/c18-13-4-1-5-14(16(13)19)22-17(23)15-9-11(6-7-20-15)21-10-12-3-2-8-24-12/h1,4-7,9,12H,2-3,8,10H2,(H,20,21)(H,22,23). The van der Waals surface area contributed by atoms with Gasteiger partial charge in [-0.1, -0.05) is 29.3 Å². The van der Waals surface area contributed by atoms with Gasteiger partial charge >= 0.3 is 0 Å². The van der Waals surface area contributed by atoms with Crippen LogP contribution >= 0.6 is 23.2 Å². The molecule has 0 radical (unpaired) electrons. The molecule has 1 amide bonds. The Morgan fingerprint density at radius 1 is 1.33 bits per heavy atom. The number of carbonyl (C=O) groups excluding carboxylic acids is 1. The Morgan fingerprint density at radius 3 is 3.00 bits per heavy atom. The highest BCUT2D eigenvalue weighted by Gasteiger charge is 2.16. The zero-order valence-corrected chi connectivity index (χ0v) is 14.4. The van der Waals surface area contributed by atoms with E-state index < -0.39 is 0 Å². The maximum Gasteiger partial charge on any atom is 0.274 e. The van der Waals surface area contributed by atoms with Crippen molar-refractivity contribution in [1.82, 2.24) is 4.98 Å². The summed E-state index contributed by atoms with van der Waals surface area (Å²) >= 11 is 12.0. The van der Waals surface area contributed by atoms with Crippen LogP contribution in [0.15, 0.2) is 36.5 Å². The number of ether oxygens (including phenoxy) is 1. The van der Waals surface area contributed by atoms with Gasteiger partial charge in [0, 0.05) is 25.0 Å². The average Bonchev–Trinajstić information content (AvgIpc) is 3.11. The third-order valence-electron chi connectivity index (χ3n) is 3.75. The zero-order chi connectivity index (χ0) is 16.9. The molecule has 0 bridgehead atoms. The van der Waals surface area contributed by atoms with Gasteiger partial charge in [0.1, 0.15) is 5.69 Å². The van der Waals surface area contributed by atoms with Crippen LogP contribution in [0.1, 0.15) is 23.3 Å². The third kappa shape index (κ3) is 4.17. The monoisotopic (exact) mass is 365 g/mol. The SMILES string of the molecule is O=C(Nc1cccc(Cl)c1Cl)c1cc(NCC2CCCO2)ccn1. The fraction of sp³-hybridized carbons (Fsp3) is 0.294. The number of benzene rings is 1. The van der Waals surface area contributed by atoms with Crippen LogP contribution in [0.3, 0.4) is 0 Å². The van der Waals surface area contributed by atoms with Crippen LogP contribution in [0.5, 0.6) is 0 Å². The van der Waals surface area contributed by atoms with E-state index in [1.165, 1.54) is 0 Å². The van der Waals surface area contributed by atoms with Gasteiger partial charge < -0.3 is 15.4 Å². The number of nitrogens with zero attached hydrogens (tertiary/aromatic N) is 1. The zero-order valence-electron chi connectivity index (χ0n) is 12.9. The van der Waals surface area contributed by atoms with E-state index in [9.17, 15) is 4.79 Å². The lowest BCUT2D eigenvalue weighted by atomic mass is 10.2. The van der Waals surface area contributed by atoms with E-state index in [1.54, 1.807) is 30.5 Å². The smallest absolute Gasteiger partial charge is 0.274 e. The van der Waals surface area contributed by atoms with Gasteiger partial charge in [0.2, 0.25) is 0 Å². The van der Waals surface area contributed by atoms with E-state index in [0.29, 0.717) is 28.0 Å². The number of halogens is 2. The predicted octanol–water partition coefficient (Wildman–Crippen LogP) is 4.23. The molecule has 2 heterocycles. The van der Waals surface area contributed by atoms with Crippen LogP contribution in [-0.2, 0) is 4.74 Å². The van der Waals surface area contributed by atoms with Crippen LogP contribution in [-0.4, -0.2) is 30.1 Å². The molecular weight excluding hydrogens is 349 g/mol. The molecule has 1 unspecified atom stereocenters. The van der Waals surface area contributed by atoms with Crippen molar-refractivity contribution in [2.24, 2.45) is 0 Å². The second-order valence-corrected chi connectivity index (χ2v) is 6.29. The molecule has 7 heteroatoms. The summed E-state index contributed by atoms with van der Waals surface area (Å²) in [6, 6.07) is 8.58. The minimum absolute atomic E-state index is 0.223. The van der Waals surface area contributed by atoms with E-state index in [1.807, 2.05) is 6.07 Å². The molecular formula is C17H17Cl2N3O2. The lowest BCUT2D eigenvalue weighted by Gasteiger charge is -2.12. The number of aromatic nitrogens is 1. The molecule has 3 rings (SSSR count). The number of hydrogen-bond acceptors (Lipinski definition) is 4. The van der Waals surface area contributed by atoms with Crippen molar-refractivity contribution in [2.75, 3.05) is 23.8 Å². The van der Waals surface area contributed by atoms with Crippen LogP contribution in [0.4, 0.5) is 11.4 Å². The molecule has 24 heavy (non-hydrogen) atoms. The summed E-state index contributed by atoms with van der Waals surface area (Å²) in [5, 5.41) is 6.68. The molecule has 1 atom stereocenters. The first-order valence-electron chi connectivity index (χ1n) is 7.70. The summed E-state index contributed by atoms with van der Waals surface area (Å²) in [7, 11) is 0. The fourth-order valence-corrected chi connectivity index (χ4v) is 2.84. The van der Waals surface area contributed by atoms with E-state index >= 15 is 0 Å². The molecule has 1 aromatic heterocycles. The molecule has 5 nitrogen and oxygen atoms in total. The Bertz CT molecular complexity index is 734. The number of pyridine rings is 1. The first-order chi connectivity index (χ1) is 11.6. The Hall–Kier alpha value is -1.82. The third-order valence-corrected chi connectivity index (χ3v) is 4.57. The summed E-state index contributed by atoms with van der Waals surface area (Å²) in [5.74, 6) is -0.347. The summed E-state index contributed by atoms with van der Waals surface area (Å²) in [5.41, 5.74) is 1.57. The first-order valence-corrected chi connectivity index (χ1v) is 8.46. The van der Waals surface area contributed by atoms with Crippen molar-refractivity contribution in [1.29, 1.82) is 0 Å². The van der Waals surface area contributed by atoms with Gasteiger partial charge in [0.15, 0.2) is 0 Å². The molecule has 1 aliphatic rings. The normalized spacial score (nSPS) is 16.8. The number of anilines is 2. The maximum atomic E-state index is 12.4. The Morgan fingerprint density at radius 2 is 2.21 bits per heavy atom. The number of rotatable bonds is 5. The number of nitrogens with one attached hydrogen (secondary N) is 2. The van der Waals surface area contributed by atoms with Crippen LogP contribution in [0.2, 0.25) is 10.0 Å². The summed E-state index contributed by atoms with van der Waals surface area (Å²) in [4.78, 5) is 16.5. The molecule has 2 N–H and O–H groups in total. The molecule has 126 valence electrons. The van der Waals surface area contributed by atoms with E-state index in [2.05, 4.69) is 15.6 Å². The minimum atomic E-state index is -0.347. The molecule has 0 saturated carbocycles. The molecule has 1 fully saturated rings.